The van der Waals surface area contributed by atoms with Crippen molar-refractivity contribution in [2.75, 3.05) is 19.3 Å². The molecule has 0 unspecified atom stereocenters. The van der Waals surface area contributed by atoms with Crippen LogP contribution >= 0.6 is 11.8 Å². The molecule has 96 valence electrons. The summed E-state index contributed by atoms with van der Waals surface area (Å²) in [5.74, 6) is -1.85. The van der Waals surface area contributed by atoms with Gasteiger partial charge in [0.15, 0.2) is 11.6 Å². The van der Waals surface area contributed by atoms with Gasteiger partial charge in [0.2, 0.25) is 5.91 Å². The zero-order chi connectivity index (χ0) is 13.5. The third-order valence-electron chi connectivity index (χ3n) is 2.24. The molecule has 0 N–H and O–H groups in total. The first-order valence-corrected chi connectivity index (χ1v) is 6.22. The summed E-state index contributed by atoms with van der Waals surface area (Å²) in [6.45, 7) is 0.369. The molecular formula is C12H12F2N2OS. The van der Waals surface area contributed by atoms with E-state index in [4.69, 9.17) is 5.26 Å². The summed E-state index contributed by atoms with van der Waals surface area (Å²) >= 11 is 1.13. The molecule has 0 aliphatic rings. The normalized spacial score (nSPS) is 9.89. The Bertz CT molecular complexity index is 474. The Labute approximate surface area is 108 Å². The molecule has 0 saturated carbocycles. The fourth-order valence-corrected chi connectivity index (χ4v) is 2.03. The maximum absolute atomic E-state index is 12.9. The lowest BCUT2D eigenvalue weighted by Gasteiger charge is -2.14. The largest absolute Gasteiger partial charge is 0.344 e. The quantitative estimate of drug-likeness (QED) is 0.772. The lowest BCUT2D eigenvalue weighted by Crippen LogP contribution is -2.29. The van der Waals surface area contributed by atoms with Crippen LogP contribution < -0.4 is 0 Å². The SMILES string of the molecule is CN(CCC#N)C(=O)CSc1ccc(F)c(F)c1. The molecule has 1 rings (SSSR count). The molecule has 0 aliphatic heterocycles. The van der Waals surface area contributed by atoms with E-state index in [0.29, 0.717) is 11.4 Å². The fourth-order valence-electron chi connectivity index (χ4n) is 1.16. The summed E-state index contributed by atoms with van der Waals surface area (Å²) in [4.78, 5) is 13.5. The summed E-state index contributed by atoms with van der Waals surface area (Å²) in [6, 6.07) is 5.46. The minimum atomic E-state index is -0.926. The molecule has 0 bridgehead atoms. The average Bonchev–Trinajstić information content (AvgIpc) is 2.36. The Morgan fingerprint density at radius 2 is 2.17 bits per heavy atom. The first-order chi connectivity index (χ1) is 8.54. The Morgan fingerprint density at radius 1 is 1.44 bits per heavy atom. The van der Waals surface area contributed by atoms with Crippen LogP contribution in [0.15, 0.2) is 23.1 Å². The molecule has 0 aromatic heterocycles. The van der Waals surface area contributed by atoms with Gasteiger partial charge in [-0.2, -0.15) is 5.26 Å². The number of carbonyl (C=O) groups is 1. The topological polar surface area (TPSA) is 44.1 Å². The predicted molar refractivity (Wildman–Crippen MR) is 64.9 cm³/mol. The Balaban J connectivity index is 2.47. The Morgan fingerprint density at radius 3 is 2.78 bits per heavy atom. The lowest BCUT2D eigenvalue weighted by atomic mass is 10.3. The average molecular weight is 270 g/mol. The number of nitrogens with zero attached hydrogens (tertiary/aromatic N) is 2. The number of hydrogen-bond donors (Lipinski definition) is 0. The van der Waals surface area contributed by atoms with Gasteiger partial charge in [-0.05, 0) is 18.2 Å². The molecular weight excluding hydrogens is 258 g/mol. The van der Waals surface area contributed by atoms with Gasteiger partial charge >= 0.3 is 0 Å². The van der Waals surface area contributed by atoms with Gasteiger partial charge in [0.05, 0.1) is 18.2 Å². The van der Waals surface area contributed by atoms with Crippen LogP contribution in [0.25, 0.3) is 0 Å². The molecule has 3 nitrogen and oxygen atoms in total. The third-order valence-corrected chi connectivity index (χ3v) is 3.22. The molecule has 0 spiro atoms. The van der Waals surface area contributed by atoms with Gasteiger partial charge in [-0.15, -0.1) is 11.8 Å². The first-order valence-electron chi connectivity index (χ1n) is 5.23. The van der Waals surface area contributed by atoms with Gasteiger partial charge in [0, 0.05) is 18.5 Å². The zero-order valence-corrected chi connectivity index (χ0v) is 10.6. The number of nitriles is 1. The molecule has 0 atom stereocenters. The fraction of sp³-hybridized carbons (Fsp3) is 0.333. The minimum Gasteiger partial charge on any atom is -0.344 e. The number of amides is 1. The van der Waals surface area contributed by atoms with Crippen molar-refractivity contribution in [2.45, 2.75) is 11.3 Å². The molecule has 6 heteroatoms. The monoisotopic (exact) mass is 270 g/mol. The second-order valence-corrected chi connectivity index (χ2v) is 4.64. The summed E-state index contributed by atoms with van der Waals surface area (Å²) in [7, 11) is 1.60. The second-order valence-electron chi connectivity index (χ2n) is 3.59. The molecule has 1 amide bonds. The molecule has 18 heavy (non-hydrogen) atoms. The van der Waals surface area contributed by atoms with Crippen molar-refractivity contribution >= 4 is 17.7 Å². The van der Waals surface area contributed by atoms with Gasteiger partial charge in [-0.1, -0.05) is 0 Å². The second kappa shape index (κ2) is 6.97. The number of rotatable bonds is 5. The highest BCUT2D eigenvalue weighted by molar-refractivity contribution is 8.00. The van der Waals surface area contributed by atoms with E-state index in [1.54, 1.807) is 7.05 Å². The summed E-state index contributed by atoms with van der Waals surface area (Å²) in [5.41, 5.74) is 0. The molecule has 0 radical (unpaired) electrons. The highest BCUT2D eigenvalue weighted by atomic mass is 32.2. The van der Waals surface area contributed by atoms with E-state index < -0.39 is 11.6 Å². The third kappa shape index (κ3) is 4.34. The molecule has 0 heterocycles. The van der Waals surface area contributed by atoms with Crippen molar-refractivity contribution in [2.24, 2.45) is 0 Å². The highest BCUT2D eigenvalue weighted by Gasteiger charge is 2.10. The molecule has 1 aromatic carbocycles. The standard InChI is InChI=1S/C12H12F2N2OS/c1-16(6-2-5-15)12(17)8-18-9-3-4-10(13)11(14)7-9/h3-4,7H,2,6,8H2,1H3. The van der Waals surface area contributed by atoms with E-state index in [1.165, 1.54) is 11.0 Å². The van der Waals surface area contributed by atoms with E-state index in [-0.39, 0.29) is 18.1 Å². The number of benzene rings is 1. The molecule has 0 saturated heterocycles. The maximum atomic E-state index is 12.9. The predicted octanol–water partition coefficient (Wildman–Crippen LogP) is 2.43. The van der Waals surface area contributed by atoms with Gasteiger partial charge in [-0.25, -0.2) is 8.78 Å². The summed E-state index contributed by atoms with van der Waals surface area (Å²) in [5, 5.41) is 8.39. The highest BCUT2D eigenvalue weighted by Crippen LogP contribution is 2.20. The van der Waals surface area contributed by atoms with Crippen molar-refractivity contribution in [1.82, 2.24) is 4.90 Å². The van der Waals surface area contributed by atoms with Crippen molar-refractivity contribution in [1.29, 1.82) is 5.26 Å². The number of halogens is 2. The van der Waals surface area contributed by atoms with Crippen molar-refractivity contribution in [3.8, 4) is 6.07 Å². The maximum Gasteiger partial charge on any atom is 0.232 e. The molecule has 0 aliphatic carbocycles. The Kier molecular flexibility index (Phi) is 5.59. The van der Waals surface area contributed by atoms with Crippen LogP contribution in [0.1, 0.15) is 6.42 Å². The molecule has 1 aromatic rings. The van der Waals surface area contributed by atoms with Crippen molar-refractivity contribution < 1.29 is 13.6 Å². The smallest absolute Gasteiger partial charge is 0.232 e. The lowest BCUT2D eigenvalue weighted by molar-refractivity contribution is -0.127. The van der Waals surface area contributed by atoms with Crippen LogP contribution in [0.2, 0.25) is 0 Å². The Hall–Kier alpha value is -1.61. The summed E-state index contributed by atoms with van der Waals surface area (Å²) < 4.78 is 25.6. The molecule has 0 fully saturated rings. The van der Waals surface area contributed by atoms with Crippen molar-refractivity contribution in [3.63, 3.8) is 0 Å². The van der Waals surface area contributed by atoms with Crippen LogP contribution in [0.4, 0.5) is 8.78 Å². The number of thioether (sulfide) groups is 1. The summed E-state index contributed by atoms with van der Waals surface area (Å²) in [6.07, 6.45) is 0.276. The van der Waals surface area contributed by atoms with Crippen molar-refractivity contribution in [3.05, 3.63) is 29.8 Å². The van der Waals surface area contributed by atoms with Gasteiger partial charge < -0.3 is 4.90 Å². The van der Waals surface area contributed by atoms with E-state index in [9.17, 15) is 13.6 Å². The van der Waals surface area contributed by atoms with Crippen LogP contribution in [-0.4, -0.2) is 30.2 Å². The van der Waals surface area contributed by atoms with Gasteiger partial charge in [0.1, 0.15) is 0 Å². The van der Waals surface area contributed by atoms with Crippen LogP contribution in [-0.2, 0) is 4.79 Å². The number of hydrogen-bond acceptors (Lipinski definition) is 3. The van der Waals surface area contributed by atoms with Crippen LogP contribution in [0.3, 0.4) is 0 Å². The number of carbonyl (C=O) groups excluding carboxylic acids is 1. The zero-order valence-electron chi connectivity index (χ0n) is 9.82. The van der Waals surface area contributed by atoms with E-state index >= 15 is 0 Å². The van der Waals surface area contributed by atoms with Gasteiger partial charge in [0.25, 0.3) is 0 Å². The van der Waals surface area contributed by atoms with Gasteiger partial charge in [-0.3, -0.25) is 4.79 Å². The van der Waals surface area contributed by atoms with E-state index in [0.717, 1.165) is 23.9 Å². The van der Waals surface area contributed by atoms with E-state index in [1.807, 2.05) is 6.07 Å². The van der Waals surface area contributed by atoms with E-state index in [2.05, 4.69) is 0 Å². The van der Waals surface area contributed by atoms with Crippen LogP contribution in [0.5, 0.6) is 0 Å². The van der Waals surface area contributed by atoms with Crippen LogP contribution in [0, 0.1) is 23.0 Å². The minimum absolute atomic E-state index is 0.132. The first kappa shape index (κ1) is 14.5.